The molecule has 4 aromatic rings. The number of ether oxygens (including phenoxy) is 1. The monoisotopic (exact) mass is 461 g/mol. The molecule has 0 atom stereocenters. The third-order valence-corrected chi connectivity index (χ3v) is 5.76. The minimum atomic E-state index is -1.17. The minimum Gasteiger partial charge on any atom is -0.478 e. The Hall–Kier alpha value is -4.44. The lowest BCUT2D eigenvalue weighted by Gasteiger charge is -2.08. The van der Waals surface area contributed by atoms with E-state index in [0.717, 1.165) is 10.4 Å². The summed E-state index contributed by atoms with van der Waals surface area (Å²) in [5.74, 6) is -2.74. The molecule has 0 saturated carbocycles. The number of carbonyl (C=O) groups excluding carboxylic acids is 1. The number of aromatic nitrogens is 3. The molecule has 0 spiro atoms. The molecule has 4 heterocycles. The molecule has 164 valence electrons. The number of carboxylic acids is 2. The van der Waals surface area contributed by atoms with E-state index in [1.165, 1.54) is 48.9 Å². The number of hydrogen-bond acceptors (Lipinski definition) is 8. The fourth-order valence-corrected chi connectivity index (χ4v) is 3.97. The molecule has 0 aliphatic heterocycles. The Balaban J connectivity index is 1.79. The standard InChI is InChI=1S/C23H15N3O6S/c1-32-23(31)20-3-2-19(33-20)12-4-6-24-15(8-12)17-10-14(22(29)30)11-18(26-17)16-9-13(21(27)28)5-7-25-16/h2-11H,1H3,(H,27,28)(H,29,30). The van der Waals surface area contributed by atoms with Crippen LogP contribution < -0.4 is 0 Å². The summed E-state index contributed by atoms with van der Waals surface area (Å²) >= 11 is 1.25. The first-order chi connectivity index (χ1) is 15.9. The Morgan fingerprint density at radius 2 is 1.39 bits per heavy atom. The van der Waals surface area contributed by atoms with Gasteiger partial charge in [-0.3, -0.25) is 9.97 Å². The third kappa shape index (κ3) is 4.60. The van der Waals surface area contributed by atoms with Crippen molar-refractivity contribution in [1.29, 1.82) is 0 Å². The lowest BCUT2D eigenvalue weighted by Crippen LogP contribution is -2.02. The molecule has 4 rings (SSSR count). The van der Waals surface area contributed by atoms with Gasteiger partial charge in [0.1, 0.15) is 4.88 Å². The van der Waals surface area contributed by atoms with Crippen molar-refractivity contribution >= 4 is 29.2 Å². The fraction of sp³-hybridized carbons (Fsp3) is 0.0435. The van der Waals surface area contributed by atoms with Crippen LogP contribution in [0, 0.1) is 0 Å². The summed E-state index contributed by atoms with van der Waals surface area (Å²) in [6.07, 6.45) is 2.88. The number of hydrogen-bond donors (Lipinski definition) is 2. The van der Waals surface area contributed by atoms with Gasteiger partial charge in [-0.15, -0.1) is 11.3 Å². The van der Waals surface area contributed by atoms with Gasteiger partial charge >= 0.3 is 17.9 Å². The van der Waals surface area contributed by atoms with Crippen LogP contribution in [-0.2, 0) is 4.74 Å². The first-order valence-electron chi connectivity index (χ1n) is 9.46. The zero-order valence-electron chi connectivity index (χ0n) is 17.1. The Morgan fingerprint density at radius 3 is 2.03 bits per heavy atom. The molecule has 0 unspecified atom stereocenters. The zero-order valence-corrected chi connectivity index (χ0v) is 17.9. The predicted octanol–water partition coefficient (Wildman–Crippen LogP) is 4.12. The Labute approximate surface area is 191 Å². The second-order valence-electron chi connectivity index (χ2n) is 6.75. The molecule has 10 heteroatoms. The highest BCUT2D eigenvalue weighted by atomic mass is 32.1. The normalized spacial score (nSPS) is 10.6. The van der Waals surface area contributed by atoms with Gasteiger partial charge in [-0.2, -0.15) is 0 Å². The van der Waals surface area contributed by atoms with Gasteiger partial charge in [0, 0.05) is 17.3 Å². The number of nitrogens with zero attached hydrogens (tertiary/aromatic N) is 3. The van der Waals surface area contributed by atoms with Gasteiger partial charge in [-0.25, -0.2) is 19.4 Å². The van der Waals surface area contributed by atoms with Crippen LogP contribution in [0.5, 0.6) is 0 Å². The Kier molecular flexibility index (Phi) is 5.92. The highest BCUT2D eigenvalue weighted by Gasteiger charge is 2.16. The van der Waals surface area contributed by atoms with E-state index < -0.39 is 17.9 Å². The molecule has 0 amide bonds. The average molecular weight is 461 g/mol. The second kappa shape index (κ2) is 8.97. The molecule has 0 aliphatic carbocycles. The molecular formula is C23H15N3O6S. The maximum atomic E-state index is 11.8. The highest BCUT2D eigenvalue weighted by molar-refractivity contribution is 7.17. The molecule has 0 radical (unpaired) electrons. The van der Waals surface area contributed by atoms with Gasteiger partial charge in [-0.05, 0) is 54.1 Å². The van der Waals surface area contributed by atoms with Crippen LogP contribution in [0.2, 0.25) is 0 Å². The quantitative estimate of drug-likeness (QED) is 0.406. The van der Waals surface area contributed by atoms with Crippen LogP contribution in [0.4, 0.5) is 0 Å². The minimum absolute atomic E-state index is 0.00306. The van der Waals surface area contributed by atoms with E-state index in [1.54, 1.807) is 30.5 Å². The molecule has 33 heavy (non-hydrogen) atoms. The van der Waals surface area contributed by atoms with E-state index in [2.05, 4.69) is 15.0 Å². The number of methoxy groups -OCH3 is 1. The van der Waals surface area contributed by atoms with Crippen LogP contribution in [0.3, 0.4) is 0 Å². The van der Waals surface area contributed by atoms with Gasteiger partial charge in [0.25, 0.3) is 0 Å². The van der Waals surface area contributed by atoms with E-state index in [4.69, 9.17) is 4.74 Å². The number of carboxylic acid groups (broad SMARTS) is 2. The third-order valence-electron chi connectivity index (χ3n) is 4.64. The summed E-state index contributed by atoms with van der Waals surface area (Å²) in [6, 6.07) is 12.3. The van der Waals surface area contributed by atoms with Crippen molar-refractivity contribution < 1.29 is 29.3 Å². The summed E-state index contributed by atoms with van der Waals surface area (Å²) < 4.78 is 4.74. The molecule has 0 bridgehead atoms. The summed E-state index contributed by atoms with van der Waals surface area (Å²) in [7, 11) is 1.31. The molecule has 0 fully saturated rings. The number of pyridine rings is 3. The zero-order chi connectivity index (χ0) is 23.5. The second-order valence-corrected chi connectivity index (χ2v) is 7.84. The van der Waals surface area contributed by atoms with Crippen LogP contribution >= 0.6 is 11.3 Å². The number of thiophene rings is 1. The topological polar surface area (TPSA) is 140 Å². The average Bonchev–Trinajstić information content (AvgIpc) is 3.34. The highest BCUT2D eigenvalue weighted by Crippen LogP contribution is 2.31. The predicted molar refractivity (Wildman–Crippen MR) is 119 cm³/mol. The first kappa shape index (κ1) is 21.8. The molecule has 2 N–H and O–H groups in total. The lowest BCUT2D eigenvalue weighted by atomic mass is 10.1. The lowest BCUT2D eigenvalue weighted by molar-refractivity contribution is 0.0604. The van der Waals surface area contributed by atoms with Crippen molar-refractivity contribution in [3.63, 3.8) is 0 Å². The number of esters is 1. The van der Waals surface area contributed by atoms with E-state index in [1.807, 2.05) is 0 Å². The molecule has 0 aliphatic rings. The van der Waals surface area contributed by atoms with E-state index in [0.29, 0.717) is 10.6 Å². The SMILES string of the molecule is COC(=O)c1ccc(-c2ccnc(-c3cc(C(=O)O)cc(-c4cc(C(=O)O)ccn4)n3)c2)s1. The Bertz CT molecular complexity index is 1400. The number of carbonyl (C=O) groups is 3. The molecule has 0 aromatic carbocycles. The van der Waals surface area contributed by atoms with Crippen molar-refractivity contribution in [2.45, 2.75) is 0 Å². The van der Waals surface area contributed by atoms with Crippen molar-refractivity contribution in [1.82, 2.24) is 15.0 Å². The summed E-state index contributed by atoms with van der Waals surface area (Å²) in [6.45, 7) is 0. The number of aromatic carboxylic acids is 2. The van der Waals surface area contributed by atoms with Crippen LogP contribution in [0.1, 0.15) is 30.4 Å². The molecular weight excluding hydrogens is 446 g/mol. The Morgan fingerprint density at radius 1 is 0.788 bits per heavy atom. The smallest absolute Gasteiger partial charge is 0.348 e. The van der Waals surface area contributed by atoms with Gasteiger partial charge in [0.15, 0.2) is 0 Å². The van der Waals surface area contributed by atoms with E-state index in [9.17, 15) is 24.6 Å². The van der Waals surface area contributed by atoms with Crippen LogP contribution in [0.25, 0.3) is 33.2 Å². The number of rotatable bonds is 6. The van der Waals surface area contributed by atoms with E-state index in [-0.39, 0.29) is 28.2 Å². The fourth-order valence-electron chi connectivity index (χ4n) is 3.05. The van der Waals surface area contributed by atoms with Gasteiger partial charge in [0.2, 0.25) is 0 Å². The van der Waals surface area contributed by atoms with Crippen molar-refractivity contribution in [2.75, 3.05) is 7.11 Å². The van der Waals surface area contributed by atoms with Gasteiger partial charge in [0.05, 0.1) is 41.0 Å². The van der Waals surface area contributed by atoms with Crippen LogP contribution in [-0.4, -0.2) is 50.2 Å². The maximum Gasteiger partial charge on any atom is 0.348 e. The van der Waals surface area contributed by atoms with E-state index >= 15 is 0 Å². The maximum absolute atomic E-state index is 11.8. The largest absolute Gasteiger partial charge is 0.478 e. The summed E-state index contributed by atoms with van der Waals surface area (Å²) in [5, 5.41) is 18.8. The van der Waals surface area contributed by atoms with Gasteiger partial charge in [-0.1, -0.05) is 0 Å². The molecule has 9 nitrogen and oxygen atoms in total. The first-order valence-corrected chi connectivity index (χ1v) is 10.3. The van der Waals surface area contributed by atoms with Crippen molar-refractivity contribution in [3.8, 4) is 33.2 Å². The summed E-state index contributed by atoms with van der Waals surface area (Å²) in [4.78, 5) is 49.0. The van der Waals surface area contributed by atoms with Crippen molar-refractivity contribution in [3.05, 3.63) is 76.9 Å². The van der Waals surface area contributed by atoms with Crippen LogP contribution in [0.15, 0.2) is 60.9 Å². The molecule has 4 aromatic heterocycles. The molecule has 0 saturated heterocycles. The van der Waals surface area contributed by atoms with Gasteiger partial charge < -0.3 is 14.9 Å². The summed E-state index contributed by atoms with van der Waals surface area (Å²) in [5.41, 5.74) is 1.81. The van der Waals surface area contributed by atoms with Crippen molar-refractivity contribution in [2.24, 2.45) is 0 Å².